The molecule has 0 atom stereocenters. The predicted molar refractivity (Wildman–Crippen MR) is 62.6 cm³/mol. The molecule has 3 N–H and O–H groups in total. The fourth-order valence-electron chi connectivity index (χ4n) is 1.45. The Hall–Kier alpha value is -0.750. The number of carbonyl (C=O) groups is 2. The van der Waals surface area contributed by atoms with Crippen molar-refractivity contribution in [2.24, 2.45) is 11.3 Å². The summed E-state index contributed by atoms with van der Waals surface area (Å²) >= 11 is 1.69. The second kappa shape index (κ2) is 6.10. The van der Waals surface area contributed by atoms with Gasteiger partial charge in [-0.25, -0.2) is 5.84 Å². The van der Waals surface area contributed by atoms with Gasteiger partial charge in [-0.05, 0) is 24.0 Å². The van der Waals surface area contributed by atoms with E-state index in [9.17, 15) is 9.59 Å². The Bertz CT molecular complexity index is 267. The molecule has 1 aliphatic rings. The lowest BCUT2D eigenvalue weighted by Crippen LogP contribution is -2.30. The molecule has 92 valence electrons. The molecule has 1 saturated carbocycles. The molecule has 0 heterocycles. The third-order valence-corrected chi connectivity index (χ3v) is 4.06. The summed E-state index contributed by atoms with van der Waals surface area (Å²) in [7, 11) is 1.41. The average molecular weight is 246 g/mol. The third kappa shape index (κ3) is 4.40. The SMILES string of the molecule is COC(=O)CC1(CSCCC(=O)NN)CC1. The molecule has 0 aliphatic heterocycles. The Labute approximate surface area is 99.4 Å². The number of rotatable bonds is 7. The van der Waals surface area contributed by atoms with E-state index >= 15 is 0 Å². The maximum atomic E-state index is 11.1. The minimum absolute atomic E-state index is 0.136. The van der Waals surface area contributed by atoms with Crippen molar-refractivity contribution in [2.75, 3.05) is 18.6 Å². The maximum absolute atomic E-state index is 11.1. The summed E-state index contributed by atoms with van der Waals surface area (Å²) in [6.07, 6.45) is 3.09. The lowest BCUT2D eigenvalue weighted by molar-refractivity contribution is -0.141. The fourth-order valence-corrected chi connectivity index (χ4v) is 2.75. The number of esters is 1. The van der Waals surface area contributed by atoms with E-state index in [-0.39, 0.29) is 17.3 Å². The summed E-state index contributed by atoms with van der Waals surface area (Å²) in [6.45, 7) is 0. The van der Waals surface area contributed by atoms with Crippen LogP contribution in [0.1, 0.15) is 25.7 Å². The predicted octanol–water partition coefficient (Wildman–Crippen LogP) is 0.443. The Balaban J connectivity index is 2.12. The first kappa shape index (κ1) is 13.3. The van der Waals surface area contributed by atoms with Crippen molar-refractivity contribution in [3.8, 4) is 0 Å². The van der Waals surface area contributed by atoms with Crippen LogP contribution in [-0.4, -0.2) is 30.5 Å². The molecule has 6 heteroatoms. The van der Waals surface area contributed by atoms with Crippen molar-refractivity contribution < 1.29 is 14.3 Å². The lowest BCUT2D eigenvalue weighted by atomic mass is 10.1. The van der Waals surface area contributed by atoms with E-state index in [1.165, 1.54) is 7.11 Å². The fraction of sp³-hybridized carbons (Fsp3) is 0.800. The van der Waals surface area contributed by atoms with Crippen LogP contribution in [0.3, 0.4) is 0 Å². The standard InChI is InChI=1S/C10H18N2O3S/c1-15-9(14)6-10(3-4-10)7-16-5-2-8(13)12-11/h2-7,11H2,1H3,(H,12,13). The minimum atomic E-state index is -0.148. The third-order valence-electron chi connectivity index (χ3n) is 2.75. The van der Waals surface area contributed by atoms with Crippen molar-refractivity contribution >= 4 is 23.6 Å². The summed E-state index contributed by atoms with van der Waals surface area (Å²) in [6, 6.07) is 0. The summed E-state index contributed by atoms with van der Waals surface area (Å²) in [5, 5.41) is 0. The highest BCUT2D eigenvalue weighted by Gasteiger charge is 2.44. The zero-order valence-electron chi connectivity index (χ0n) is 9.45. The first-order valence-electron chi connectivity index (χ1n) is 5.26. The van der Waals surface area contributed by atoms with Crippen molar-refractivity contribution in [1.82, 2.24) is 5.43 Å². The van der Waals surface area contributed by atoms with Gasteiger partial charge < -0.3 is 4.74 Å². The van der Waals surface area contributed by atoms with Crippen molar-refractivity contribution in [1.29, 1.82) is 0 Å². The molecule has 1 amide bonds. The Morgan fingerprint density at radius 1 is 1.50 bits per heavy atom. The van der Waals surface area contributed by atoms with Gasteiger partial charge in [0.1, 0.15) is 0 Å². The average Bonchev–Trinajstić information content (AvgIpc) is 3.04. The van der Waals surface area contributed by atoms with E-state index in [1.54, 1.807) is 11.8 Å². The number of amides is 1. The van der Waals surface area contributed by atoms with E-state index in [0.717, 1.165) is 24.3 Å². The topological polar surface area (TPSA) is 81.4 Å². The van der Waals surface area contributed by atoms with E-state index in [0.29, 0.717) is 12.8 Å². The number of ether oxygens (including phenoxy) is 1. The maximum Gasteiger partial charge on any atom is 0.306 e. The van der Waals surface area contributed by atoms with Crippen molar-refractivity contribution in [2.45, 2.75) is 25.7 Å². The number of methoxy groups -OCH3 is 1. The lowest BCUT2D eigenvalue weighted by Gasteiger charge is -2.12. The van der Waals surface area contributed by atoms with Gasteiger partial charge in [0, 0.05) is 12.2 Å². The molecule has 1 aliphatic carbocycles. The van der Waals surface area contributed by atoms with Crippen LogP contribution in [0, 0.1) is 5.41 Å². The summed E-state index contributed by atoms with van der Waals surface area (Å²) in [5.41, 5.74) is 2.23. The molecule has 0 unspecified atom stereocenters. The van der Waals surface area contributed by atoms with Crippen LogP contribution in [0.5, 0.6) is 0 Å². The normalized spacial score (nSPS) is 16.6. The van der Waals surface area contributed by atoms with E-state index < -0.39 is 0 Å². The van der Waals surface area contributed by atoms with Crippen LogP contribution in [0.4, 0.5) is 0 Å². The van der Waals surface area contributed by atoms with Gasteiger partial charge in [-0.1, -0.05) is 0 Å². The molecule has 0 aromatic rings. The minimum Gasteiger partial charge on any atom is -0.469 e. The van der Waals surface area contributed by atoms with Gasteiger partial charge in [0.2, 0.25) is 5.91 Å². The molecule has 5 nitrogen and oxygen atoms in total. The Kier molecular flexibility index (Phi) is 5.08. The molecular formula is C10H18N2O3S. The molecule has 1 fully saturated rings. The van der Waals surface area contributed by atoms with Gasteiger partial charge in [-0.2, -0.15) is 11.8 Å². The van der Waals surface area contributed by atoms with Gasteiger partial charge in [-0.3, -0.25) is 15.0 Å². The summed E-state index contributed by atoms with van der Waals surface area (Å²) < 4.78 is 4.66. The number of hydrogen-bond donors (Lipinski definition) is 2. The zero-order valence-corrected chi connectivity index (χ0v) is 10.3. The molecule has 0 bridgehead atoms. The molecule has 0 radical (unpaired) electrons. The van der Waals surface area contributed by atoms with Crippen LogP contribution in [0.2, 0.25) is 0 Å². The van der Waals surface area contributed by atoms with Gasteiger partial charge in [0.05, 0.1) is 13.5 Å². The largest absolute Gasteiger partial charge is 0.469 e. The number of hydrazine groups is 1. The Morgan fingerprint density at radius 2 is 2.19 bits per heavy atom. The van der Waals surface area contributed by atoms with Gasteiger partial charge in [0.25, 0.3) is 0 Å². The molecule has 0 saturated heterocycles. The highest BCUT2D eigenvalue weighted by molar-refractivity contribution is 7.99. The first-order valence-corrected chi connectivity index (χ1v) is 6.41. The summed E-state index contributed by atoms with van der Waals surface area (Å²) in [5.74, 6) is 6.34. The molecular weight excluding hydrogens is 228 g/mol. The quantitative estimate of drug-likeness (QED) is 0.224. The van der Waals surface area contributed by atoms with E-state index in [1.807, 2.05) is 0 Å². The highest BCUT2D eigenvalue weighted by atomic mass is 32.2. The second-order valence-corrected chi connectivity index (χ2v) is 5.23. The smallest absolute Gasteiger partial charge is 0.306 e. The number of carbonyl (C=O) groups excluding carboxylic acids is 2. The van der Waals surface area contributed by atoms with E-state index in [4.69, 9.17) is 5.84 Å². The molecule has 0 aromatic heterocycles. The van der Waals surface area contributed by atoms with E-state index in [2.05, 4.69) is 10.2 Å². The van der Waals surface area contributed by atoms with Crippen LogP contribution < -0.4 is 11.3 Å². The second-order valence-electron chi connectivity index (χ2n) is 4.12. The van der Waals surface area contributed by atoms with Gasteiger partial charge >= 0.3 is 5.97 Å². The number of thioether (sulfide) groups is 1. The van der Waals surface area contributed by atoms with Gasteiger partial charge in [-0.15, -0.1) is 0 Å². The number of nitrogens with one attached hydrogen (secondary N) is 1. The van der Waals surface area contributed by atoms with Crippen LogP contribution in [-0.2, 0) is 14.3 Å². The van der Waals surface area contributed by atoms with Crippen LogP contribution in [0.25, 0.3) is 0 Å². The van der Waals surface area contributed by atoms with Crippen molar-refractivity contribution in [3.05, 3.63) is 0 Å². The molecule has 0 spiro atoms. The van der Waals surface area contributed by atoms with Gasteiger partial charge in [0.15, 0.2) is 0 Å². The molecule has 16 heavy (non-hydrogen) atoms. The highest BCUT2D eigenvalue weighted by Crippen LogP contribution is 2.51. The van der Waals surface area contributed by atoms with Crippen molar-refractivity contribution in [3.63, 3.8) is 0 Å². The summed E-state index contributed by atoms with van der Waals surface area (Å²) in [4.78, 5) is 22.0. The monoisotopic (exact) mass is 246 g/mol. The van der Waals surface area contributed by atoms with Crippen LogP contribution >= 0.6 is 11.8 Å². The Morgan fingerprint density at radius 3 is 2.69 bits per heavy atom. The molecule has 1 rings (SSSR count). The van der Waals surface area contributed by atoms with Crippen LogP contribution in [0.15, 0.2) is 0 Å². The molecule has 0 aromatic carbocycles. The first-order chi connectivity index (χ1) is 7.62. The number of nitrogens with two attached hydrogens (primary N) is 1. The zero-order chi connectivity index (χ0) is 12.0. The number of hydrogen-bond acceptors (Lipinski definition) is 5.